The van der Waals surface area contributed by atoms with E-state index in [9.17, 15) is 0 Å². The molecule has 5 nitrogen and oxygen atoms in total. The van der Waals surface area contributed by atoms with Crippen LogP contribution in [0, 0.1) is 0 Å². The fourth-order valence-electron chi connectivity index (χ4n) is 2.39. The first-order valence-electron chi connectivity index (χ1n) is 6.33. The van der Waals surface area contributed by atoms with Gasteiger partial charge in [-0.2, -0.15) is 4.98 Å². The molecule has 1 saturated heterocycles. The van der Waals surface area contributed by atoms with Crippen LogP contribution in [0.15, 0.2) is 6.07 Å². The van der Waals surface area contributed by atoms with E-state index in [-0.39, 0.29) is 0 Å². The Balaban J connectivity index is 1.77. The highest BCUT2D eigenvalue weighted by atomic mass is 15.3. The summed E-state index contributed by atoms with van der Waals surface area (Å²) in [5.41, 5.74) is 6.93. The normalized spacial score (nSPS) is 21.1. The molecule has 5 heteroatoms. The Morgan fingerprint density at radius 3 is 2.71 bits per heavy atom. The number of hydrogen-bond donors (Lipinski definition) is 2. The fourth-order valence-corrected chi connectivity index (χ4v) is 2.39. The second kappa shape index (κ2) is 4.14. The number of anilines is 2. The van der Waals surface area contributed by atoms with Gasteiger partial charge in [0.2, 0.25) is 5.95 Å². The maximum absolute atomic E-state index is 5.80. The Morgan fingerprint density at radius 2 is 2.12 bits per heavy atom. The second-order valence-electron chi connectivity index (χ2n) is 5.03. The summed E-state index contributed by atoms with van der Waals surface area (Å²) in [5, 5.41) is 3.26. The van der Waals surface area contributed by atoms with Crippen LogP contribution in [0.4, 0.5) is 11.8 Å². The minimum Gasteiger partial charge on any atom is -0.368 e. The molecule has 0 radical (unpaired) electrons. The van der Waals surface area contributed by atoms with Crippen LogP contribution in [0.5, 0.6) is 0 Å². The Kier molecular flexibility index (Phi) is 2.63. The molecule has 1 saturated carbocycles. The molecule has 0 unspecified atom stereocenters. The first kappa shape index (κ1) is 10.8. The maximum atomic E-state index is 5.80. The zero-order chi connectivity index (χ0) is 11.8. The van der Waals surface area contributed by atoms with E-state index in [2.05, 4.69) is 26.3 Å². The van der Waals surface area contributed by atoms with Crippen LogP contribution in [0.1, 0.15) is 30.9 Å². The molecule has 0 spiro atoms. The van der Waals surface area contributed by atoms with Crippen LogP contribution in [-0.2, 0) is 0 Å². The van der Waals surface area contributed by atoms with Gasteiger partial charge in [-0.15, -0.1) is 0 Å². The first-order valence-corrected chi connectivity index (χ1v) is 6.33. The zero-order valence-electron chi connectivity index (χ0n) is 10.2. The van der Waals surface area contributed by atoms with Crippen molar-refractivity contribution in [2.75, 3.05) is 30.8 Å². The van der Waals surface area contributed by atoms with Gasteiger partial charge in [0.15, 0.2) is 0 Å². The third-order valence-electron chi connectivity index (χ3n) is 3.89. The fraction of sp³-hybridized carbons (Fsp3) is 0.667. The molecule has 17 heavy (non-hydrogen) atoms. The predicted molar refractivity (Wildman–Crippen MR) is 68.1 cm³/mol. The van der Waals surface area contributed by atoms with Crippen LogP contribution < -0.4 is 16.0 Å². The number of nitrogens with one attached hydrogen (secondary N) is 1. The van der Waals surface area contributed by atoms with Gasteiger partial charge < -0.3 is 16.0 Å². The molecule has 0 aromatic carbocycles. The molecule has 2 aliphatic rings. The molecule has 1 aliphatic carbocycles. The molecule has 3 N–H and O–H groups in total. The van der Waals surface area contributed by atoms with E-state index in [4.69, 9.17) is 5.73 Å². The summed E-state index contributed by atoms with van der Waals surface area (Å²) in [5.74, 6) is 2.02. The van der Waals surface area contributed by atoms with Gasteiger partial charge in [0, 0.05) is 31.1 Å². The van der Waals surface area contributed by atoms with Crippen molar-refractivity contribution < 1.29 is 0 Å². The number of nitrogens with two attached hydrogens (primary N) is 1. The molecule has 2 fully saturated rings. The largest absolute Gasteiger partial charge is 0.368 e. The Morgan fingerprint density at radius 1 is 1.35 bits per heavy atom. The molecule has 3 rings (SSSR count). The maximum Gasteiger partial charge on any atom is 0.222 e. The van der Waals surface area contributed by atoms with E-state index in [0.717, 1.165) is 24.6 Å². The second-order valence-corrected chi connectivity index (χ2v) is 5.03. The Hall–Kier alpha value is -1.36. The molecular weight excluding hydrogens is 214 g/mol. The predicted octanol–water partition coefficient (Wildman–Crippen LogP) is 0.734. The van der Waals surface area contributed by atoms with E-state index in [1.165, 1.54) is 19.3 Å². The van der Waals surface area contributed by atoms with Gasteiger partial charge in [0.05, 0.1) is 5.69 Å². The van der Waals surface area contributed by atoms with Crippen LogP contribution in [0.2, 0.25) is 0 Å². The van der Waals surface area contributed by atoms with Gasteiger partial charge in [-0.1, -0.05) is 6.42 Å². The molecule has 2 heterocycles. The standard InChI is InChI=1S/C12H19N5/c1-14-9-6-17(7-9)11-5-10(8-3-2-4-8)15-12(13)16-11/h5,8-9,14H,2-4,6-7H2,1H3,(H2,13,15,16). The smallest absolute Gasteiger partial charge is 0.222 e. The number of nitrogens with zero attached hydrogens (tertiary/aromatic N) is 3. The van der Waals surface area contributed by atoms with Gasteiger partial charge in [0.25, 0.3) is 0 Å². The molecule has 0 atom stereocenters. The summed E-state index contributed by atoms with van der Waals surface area (Å²) in [7, 11) is 2.00. The monoisotopic (exact) mass is 233 g/mol. The highest BCUT2D eigenvalue weighted by molar-refractivity contribution is 5.47. The Labute approximate surface area is 101 Å². The lowest BCUT2D eigenvalue weighted by Gasteiger charge is -2.40. The first-order chi connectivity index (χ1) is 8.26. The molecule has 92 valence electrons. The van der Waals surface area contributed by atoms with Crippen molar-refractivity contribution in [2.45, 2.75) is 31.2 Å². The third kappa shape index (κ3) is 1.95. The van der Waals surface area contributed by atoms with Crippen molar-refractivity contribution in [1.82, 2.24) is 15.3 Å². The molecule has 1 aromatic heterocycles. The average molecular weight is 233 g/mol. The lowest BCUT2D eigenvalue weighted by molar-refractivity contribution is 0.409. The van der Waals surface area contributed by atoms with Gasteiger partial charge in [-0.05, 0) is 19.9 Å². The van der Waals surface area contributed by atoms with Gasteiger partial charge in [-0.25, -0.2) is 4.98 Å². The third-order valence-corrected chi connectivity index (χ3v) is 3.89. The summed E-state index contributed by atoms with van der Waals surface area (Å²) in [6.45, 7) is 2.02. The molecule has 0 bridgehead atoms. The van der Waals surface area contributed by atoms with E-state index in [0.29, 0.717) is 17.9 Å². The average Bonchev–Trinajstić information content (AvgIpc) is 2.12. The summed E-state index contributed by atoms with van der Waals surface area (Å²) < 4.78 is 0. The van der Waals surface area contributed by atoms with Crippen LogP contribution >= 0.6 is 0 Å². The van der Waals surface area contributed by atoms with Crippen molar-refractivity contribution in [1.29, 1.82) is 0 Å². The lowest BCUT2D eigenvalue weighted by atomic mass is 9.83. The highest BCUT2D eigenvalue weighted by Crippen LogP contribution is 2.36. The van der Waals surface area contributed by atoms with E-state index >= 15 is 0 Å². The van der Waals surface area contributed by atoms with Crippen LogP contribution in [-0.4, -0.2) is 36.1 Å². The zero-order valence-corrected chi connectivity index (χ0v) is 10.2. The van der Waals surface area contributed by atoms with Crippen molar-refractivity contribution in [3.8, 4) is 0 Å². The summed E-state index contributed by atoms with van der Waals surface area (Å²) in [6.07, 6.45) is 3.81. The number of nitrogen functional groups attached to an aromatic ring is 1. The topological polar surface area (TPSA) is 67.1 Å². The number of likely N-dealkylation sites (N-methyl/N-ethyl adjacent to an activating group) is 1. The minimum atomic E-state index is 0.414. The minimum absolute atomic E-state index is 0.414. The number of rotatable bonds is 3. The van der Waals surface area contributed by atoms with Gasteiger partial charge >= 0.3 is 0 Å². The molecule has 0 amide bonds. The number of hydrogen-bond acceptors (Lipinski definition) is 5. The quantitative estimate of drug-likeness (QED) is 0.806. The molecular formula is C12H19N5. The van der Waals surface area contributed by atoms with Crippen molar-refractivity contribution >= 4 is 11.8 Å². The Bertz CT molecular complexity index is 409. The number of aromatic nitrogens is 2. The van der Waals surface area contributed by atoms with Crippen LogP contribution in [0.25, 0.3) is 0 Å². The van der Waals surface area contributed by atoms with Crippen molar-refractivity contribution in [2.24, 2.45) is 0 Å². The SMILES string of the molecule is CNC1CN(c2cc(C3CCC3)nc(N)n2)C1. The highest BCUT2D eigenvalue weighted by Gasteiger charge is 2.28. The van der Waals surface area contributed by atoms with Crippen molar-refractivity contribution in [3.63, 3.8) is 0 Å². The van der Waals surface area contributed by atoms with Gasteiger partial charge in [-0.3, -0.25) is 0 Å². The van der Waals surface area contributed by atoms with Crippen LogP contribution in [0.3, 0.4) is 0 Å². The summed E-state index contributed by atoms with van der Waals surface area (Å²) in [6, 6.07) is 2.70. The van der Waals surface area contributed by atoms with E-state index < -0.39 is 0 Å². The van der Waals surface area contributed by atoms with E-state index in [1.807, 2.05) is 7.05 Å². The summed E-state index contributed by atoms with van der Waals surface area (Å²) in [4.78, 5) is 10.9. The summed E-state index contributed by atoms with van der Waals surface area (Å²) >= 11 is 0. The van der Waals surface area contributed by atoms with Gasteiger partial charge in [0.1, 0.15) is 5.82 Å². The van der Waals surface area contributed by atoms with E-state index in [1.54, 1.807) is 0 Å². The molecule has 1 aliphatic heterocycles. The lowest BCUT2D eigenvalue weighted by Crippen LogP contribution is -2.57. The molecule has 1 aromatic rings. The van der Waals surface area contributed by atoms with Crippen molar-refractivity contribution in [3.05, 3.63) is 11.8 Å².